The molecule has 7 nitrogen and oxygen atoms in total. The van der Waals surface area contributed by atoms with Crippen LogP contribution in [0, 0.1) is 0 Å². The summed E-state index contributed by atoms with van der Waals surface area (Å²) in [5.74, 6) is 0.535. The average Bonchev–Trinajstić information content (AvgIpc) is 3.44. The molecule has 1 amide bonds. The van der Waals surface area contributed by atoms with E-state index in [4.69, 9.17) is 10.5 Å². The van der Waals surface area contributed by atoms with E-state index in [1.165, 1.54) is 0 Å². The van der Waals surface area contributed by atoms with Crippen LogP contribution >= 0.6 is 0 Å². The number of phenols is 1. The summed E-state index contributed by atoms with van der Waals surface area (Å²) in [6, 6.07) is 14.9. The molecule has 162 valence electrons. The highest BCUT2D eigenvalue weighted by molar-refractivity contribution is 6.00. The molecule has 0 saturated carbocycles. The van der Waals surface area contributed by atoms with Crippen LogP contribution in [0.25, 0.3) is 33.3 Å². The predicted molar refractivity (Wildman–Crippen MR) is 124 cm³/mol. The SMILES string of the molecule is COc1ccccc1-c1c[nH]c2ncc(-c3ccc(O)c(C(=O)N4CCC(N)C4)c3)cc12. The number of nitrogens with two attached hydrogens (primary N) is 1. The van der Waals surface area contributed by atoms with Gasteiger partial charge in [-0.3, -0.25) is 4.79 Å². The van der Waals surface area contributed by atoms with Crippen molar-refractivity contribution in [3.05, 3.63) is 66.5 Å². The van der Waals surface area contributed by atoms with Crippen LogP contribution in [0.5, 0.6) is 11.5 Å². The number of hydrogen-bond acceptors (Lipinski definition) is 5. The zero-order valence-electron chi connectivity index (χ0n) is 17.7. The van der Waals surface area contributed by atoms with Crippen LogP contribution in [0.15, 0.2) is 60.9 Å². The van der Waals surface area contributed by atoms with E-state index < -0.39 is 0 Å². The molecular weight excluding hydrogens is 404 g/mol. The minimum absolute atomic E-state index is 0.0159. The van der Waals surface area contributed by atoms with Crippen LogP contribution < -0.4 is 10.5 Å². The summed E-state index contributed by atoms with van der Waals surface area (Å²) in [7, 11) is 1.65. The summed E-state index contributed by atoms with van der Waals surface area (Å²) >= 11 is 0. The highest BCUT2D eigenvalue weighted by Gasteiger charge is 2.26. The third kappa shape index (κ3) is 3.46. The van der Waals surface area contributed by atoms with Crippen molar-refractivity contribution in [1.82, 2.24) is 14.9 Å². The molecule has 4 aromatic rings. The number of phenolic OH excluding ortho intramolecular Hbond substituents is 1. The number of rotatable bonds is 4. The molecule has 0 aliphatic carbocycles. The van der Waals surface area contributed by atoms with E-state index in [0.717, 1.165) is 45.5 Å². The van der Waals surface area contributed by atoms with Crippen molar-refractivity contribution in [1.29, 1.82) is 0 Å². The van der Waals surface area contributed by atoms with Gasteiger partial charge in [0, 0.05) is 53.6 Å². The van der Waals surface area contributed by atoms with Gasteiger partial charge in [0.25, 0.3) is 5.91 Å². The number of pyridine rings is 1. The van der Waals surface area contributed by atoms with E-state index in [1.54, 1.807) is 36.4 Å². The van der Waals surface area contributed by atoms with E-state index in [0.29, 0.717) is 13.1 Å². The molecule has 1 saturated heterocycles. The first-order valence-electron chi connectivity index (χ1n) is 10.5. The smallest absolute Gasteiger partial charge is 0.257 e. The second kappa shape index (κ2) is 8.01. The average molecular weight is 428 g/mol. The molecule has 0 bridgehead atoms. The first kappa shape index (κ1) is 20.1. The monoisotopic (exact) mass is 428 g/mol. The number of aromatic amines is 1. The number of carbonyl (C=O) groups excluding carboxylic acids is 1. The van der Waals surface area contributed by atoms with Gasteiger partial charge in [-0.05, 0) is 36.2 Å². The maximum Gasteiger partial charge on any atom is 0.257 e. The number of aromatic hydroxyl groups is 1. The Labute approximate surface area is 185 Å². The van der Waals surface area contributed by atoms with E-state index in [-0.39, 0.29) is 23.3 Å². The van der Waals surface area contributed by atoms with Gasteiger partial charge in [-0.2, -0.15) is 0 Å². The topological polar surface area (TPSA) is 104 Å². The maximum atomic E-state index is 13.0. The molecule has 4 N–H and O–H groups in total. The first-order valence-corrected chi connectivity index (χ1v) is 10.5. The Morgan fingerprint density at radius 2 is 2.03 bits per heavy atom. The van der Waals surface area contributed by atoms with Crippen LogP contribution in [0.2, 0.25) is 0 Å². The molecule has 5 rings (SSSR count). The lowest BCUT2D eigenvalue weighted by Crippen LogP contribution is -2.31. The van der Waals surface area contributed by atoms with Crippen molar-refractivity contribution >= 4 is 16.9 Å². The standard InChI is InChI=1S/C25H24N4O3/c1-32-23-5-3-2-4-18(23)21-13-28-24-19(21)11-16(12-27-24)15-6-7-22(30)20(10-15)25(31)29-9-8-17(26)14-29/h2-7,10-13,17,30H,8-9,14,26H2,1H3,(H,27,28). The van der Waals surface area contributed by atoms with Gasteiger partial charge in [0.15, 0.2) is 0 Å². The Balaban J connectivity index is 1.56. The van der Waals surface area contributed by atoms with Gasteiger partial charge in [-0.25, -0.2) is 4.98 Å². The number of benzene rings is 2. The minimum atomic E-state index is -0.206. The van der Waals surface area contributed by atoms with Gasteiger partial charge in [-0.1, -0.05) is 24.3 Å². The van der Waals surface area contributed by atoms with Crippen molar-refractivity contribution in [2.24, 2.45) is 5.73 Å². The molecule has 1 fully saturated rings. The number of aromatic nitrogens is 2. The van der Waals surface area contributed by atoms with Crippen molar-refractivity contribution in [2.45, 2.75) is 12.5 Å². The number of para-hydroxylation sites is 1. The maximum absolute atomic E-state index is 13.0. The fraction of sp³-hybridized carbons (Fsp3) is 0.200. The number of carbonyl (C=O) groups is 1. The Morgan fingerprint density at radius 1 is 1.19 bits per heavy atom. The number of methoxy groups -OCH3 is 1. The zero-order chi connectivity index (χ0) is 22.2. The second-order valence-electron chi connectivity index (χ2n) is 8.05. The molecule has 2 aromatic heterocycles. The number of likely N-dealkylation sites (tertiary alicyclic amines) is 1. The minimum Gasteiger partial charge on any atom is -0.507 e. The molecule has 32 heavy (non-hydrogen) atoms. The quantitative estimate of drug-likeness (QED) is 0.459. The summed E-state index contributed by atoms with van der Waals surface area (Å²) in [6.45, 7) is 1.10. The number of H-pyrrole nitrogens is 1. The van der Waals surface area contributed by atoms with Crippen LogP contribution in [0.1, 0.15) is 16.8 Å². The summed E-state index contributed by atoms with van der Waals surface area (Å²) in [4.78, 5) is 22.4. The number of nitrogens with zero attached hydrogens (tertiary/aromatic N) is 2. The second-order valence-corrected chi connectivity index (χ2v) is 8.05. The molecular formula is C25H24N4O3. The Bertz CT molecular complexity index is 1310. The molecule has 3 heterocycles. The summed E-state index contributed by atoms with van der Waals surface area (Å²) < 4.78 is 5.53. The van der Waals surface area contributed by atoms with Crippen molar-refractivity contribution in [2.75, 3.05) is 20.2 Å². The van der Waals surface area contributed by atoms with Gasteiger partial charge in [0.05, 0.1) is 12.7 Å². The Morgan fingerprint density at radius 3 is 2.81 bits per heavy atom. The number of hydrogen-bond donors (Lipinski definition) is 3. The molecule has 0 spiro atoms. The number of amides is 1. The van der Waals surface area contributed by atoms with Gasteiger partial charge in [-0.15, -0.1) is 0 Å². The normalized spacial score (nSPS) is 15.9. The molecule has 1 aliphatic heterocycles. The third-order valence-electron chi connectivity index (χ3n) is 6.00. The van der Waals surface area contributed by atoms with Crippen molar-refractivity contribution in [3.8, 4) is 33.8 Å². The molecule has 1 aliphatic rings. The van der Waals surface area contributed by atoms with Crippen LogP contribution in [-0.2, 0) is 0 Å². The summed E-state index contributed by atoms with van der Waals surface area (Å²) in [6.07, 6.45) is 4.45. The number of fused-ring (bicyclic) bond motifs is 1. The fourth-order valence-electron chi connectivity index (χ4n) is 4.28. The summed E-state index contributed by atoms with van der Waals surface area (Å²) in [5, 5.41) is 11.3. The lowest BCUT2D eigenvalue weighted by atomic mass is 10.00. The lowest BCUT2D eigenvalue weighted by Gasteiger charge is -2.17. The summed E-state index contributed by atoms with van der Waals surface area (Å²) in [5.41, 5.74) is 10.6. The van der Waals surface area contributed by atoms with Gasteiger partial charge < -0.3 is 25.5 Å². The van der Waals surface area contributed by atoms with Crippen LogP contribution in [0.3, 0.4) is 0 Å². The van der Waals surface area contributed by atoms with Gasteiger partial charge in [0.2, 0.25) is 0 Å². The Kier molecular flexibility index (Phi) is 5.03. The lowest BCUT2D eigenvalue weighted by molar-refractivity contribution is 0.0788. The van der Waals surface area contributed by atoms with Crippen molar-refractivity contribution < 1.29 is 14.6 Å². The van der Waals surface area contributed by atoms with E-state index in [1.807, 2.05) is 36.5 Å². The molecule has 1 unspecified atom stereocenters. The zero-order valence-corrected chi connectivity index (χ0v) is 17.7. The molecule has 0 radical (unpaired) electrons. The first-order chi connectivity index (χ1) is 15.5. The number of ether oxygens (including phenoxy) is 1. The van der Waals surface area contributed by atoms with Crippen molar-refractivity contribution in [3.63, 3.8) is 0 Å². The van der Waals surface area contributed by atoms with Crippen LogP contribution in [-0.4, -0.2) is 52.1 Å². The van der Waals surface area contributed by atoms with Gasteiger partial charge in [0.1, 0.15) is 17.1 Å². The predicted octanol–water partition coefficient (Wildman–Crippen LogP) is 3.78. The van der Waals surface area contributed by atoms with E-state index in [9.17, 15) is 9.90 Å². The Hall–Kier alpha value is -3.84. The van der Waals surface area contributed by atoms with E-state index >= 15 is 0 Å². The molecule has 1 atom stereocenters. The van der Waals surface area contributed by atoms with Crippen LogP contribution in [0.4, 0.5) is 0 Å². The van der Waals surface area contributed by atoms with Gasteiger partial charge >= 0.3 is 0 Å². The molecule has 2 aromatic carbocycles. The van der Waals surface area contributed by atoms with E-state index in [2.05, 4.69) is 9.97 Å². The fourth-order valence-corrected chi connectivity index (χ4v) is 4.28. The highest BCUT2D eigenvalue weighted by Crippen LogP contribution is 2.36. The number of nitrogens with one attached hydrogen (secondary N) is 1. The largest absolute Gasteiger partial charge is 0.507 e. The third-order valence-corrected chi connectivity index (χ3v) is 6.00. The molecule has 7 heteroatoms. The highest BCUT2D eigenvalue weighted by atomic mass is 16.5.